The Labute approximate surface area is 166 Å². The second kappa shape index (κ2) is 9.18. The molecule has 1 amide bonds. The molecule has 2 aromatic carbocycles. The van der Waals surface area contributed by atoms with E-state index in [9.17, 15) is 19.7 Å². The molecular weight excluding hydrogens is 388 g/mol. The largest absolute Gasteiger partial charge is 0.479 e. The van der Waals surface area contributed by atoms with E-state index in [2.05, 4.69) is 5.32 Å². The quantitative estimate of drug-likeness (QED) is 0.420. The van der Waals surface area contributed by atoms with Crippen LogP contribution in [0.2, 0.25) is 5.02 Å². The number of rotatable bonds is 7. The van der Waals surface area contributed by atoms with E-state index in [-0.39, 0.29) is 17.2 Å². The van der Waals surface area contributed by atoms with Crippen molar-refractivity contribution in [2.24, 2.45) is 0 Å². The van der Waals surface area contributed by atoms with Crippen molar-refractivity contribution in [1.82, 2.24) is 0 Å². The van der Waals surface area contributed by atoms with Gasteiger partial charge in [0, 0.05) is 22.8 Å². The number of nitro benzene ring substituents is 1. The summed E-state index contributed by atoms with van der Waals surface area (Å²) in [7, 11) is 0. The van der Waals surface area contributed by atoms with Gasteiger partial charge in [-0.3, -0.25) is 14.9 Å². The molecule has 9 heteroatoms. The zero-order chi connectivity index (χ0) is 20.8. The standard InChI is InChI=1S/C19H19ClN2O6/c1-4-27-19(24)12(3)28-14-7-5-11(2)16(10-14)21-18(23)15-8-6-13(20)9-17(15)22(25)26/h5-10,12H,4H2,1-3H3,(H,21,23). The minimum Gasteiger partial charge on any atom is -0.479 e. The number of amides is 1. The average molecular weight is 407 g/mol. The molecule has 2 aromatic rings. The van der Waals surface area contributed by atoms with E-state index in [4.69, 9.17) is 21.1 Å². The number of anilines is 1. The lowest BCUT2D eigenvalue weighted by Gasteiger charge is -2.15. The van der Waals surface area contributed by atoms with Gasteiger partial charge in [-0.05, 0) is 44.5 Å². The number of ether oxygens (including phenoxy) is 2. The number of halogens is 1. The van der Waals surface area contributed by atoms with E-state index in [1.165, 1.54) is 18.2 Å². The first kappa shape index (κ1) is 21.2. The zero-order valence-electron chi connectivity index (χ0n) is 15.5. The molecule has 1 unspecified atom stereocenters. The molecule has 0 saturated carbocycles. The number of nitrogens with zero attached hydrogens (tertiary/aromatic N) is 1. The molecule has 148 valence electrons. The second-order valence-electron chi connectivity index (χ2n) is 5.86. The van der Waals surface area contributed by atoms with E-state index in [0.717, 1.165) is 6.07 Å². The second-order valence-corrected chi connectivity index (χ2v) is 6.30. The third-order valence-electron chi connectivity index (χ3n) is 3.79. The fourth-order valence-corrected chi connectivity index (χ4v) is 2.52. The molecule has 0 aliphatic rings. The van der Waals surface area contributed by atoms with Crippen molar-refractivity contribution in [3.8, 4) is 5.75 Å². The molecule has 0 aliphatic carbocycles. The number of hydrogen-bond acceptors (Lipinski definition) is 6. The molecular formula is C19H19ClN2O6. The van der Waals surface area contributed by atoms with Gasteiger partial charge in [-0.15, -0.1) is 0 Å². The van der Waals surface area contributed by atoms with Gasteiger partial charge in [-0.25, -0.2) is 4.79 Å². The van der Waals surface area contributed by atoms with Crippen LogP contribution in [-0.4, -0.2) is 29.5 Å². The molecule has 0 aliphatic heterocycles. The third kappa shape index (κ3) is 5.20. The van der Waals surface area contributed by atoms with Gasteiger partial charge in [0.25, 0.3) is 11.6 Å². The molecule has 1 atom stereocenters. The van der Waals surface area contributed by atoms with E-state index < -0.39 is 28.6 Å². The monoisotopic (exact) mass is 406 g/mol. The van der Waals surface area contributed by atoms with Crippen molar-refractivity contribution >= 4 is 34.9 Å². The summed E-state index contributed by atoms with van der Waals surface area (Å²) in [5.41, 5.74) is 0.579. The van der Waals surface area contributed by atoms with Crippen molar-refractivity contribution in [2.75, 3.05) is 11.9 Å². The van der Waals surface area contributed by atoms with Crippen LogP contribution in [0.5, 0.6) is 5.75 Å². The third-order valence-corrected chi connectivity index (χ3v) is 4.02. The molecule has 0 bridgehead atoms. The van der Waals surface area contributed by atoms with Gasteiger partial charge >= 0.3 is 5.97 Å². The molecule has 0 heterocycles. The first-order chi connectivity index (χ1) is 13.2. The Hall–Kier alpha value is -3.13. The molecule has 0 fully saturated rings. The number of carbonyl (C=O) groups excluding carboxylic acids is 2. The number of aryl methyl sites for hydroxylation is 1. The van der Waals surface area contributed by atoms with Gasteiger partial charge in [-0.2, -0.15) is 0 Å². The minimum absolute atomic E-state index is 0.125. The van der Waals surface area contributed by atoms with Crippen LogP contribution in [0, 0.1) is 17.0 Å². The highest BCUT2D eigenvalue weighted by atomic mass is 35.5. The molecule has 0 saturated heterocycles. The fourth-order valence-electron chi connectivity index (χ4n) is 2.36. The maximum Gasteiger partial charge on any atom is 0.347 e. The Balaban J connectivity index is 2.24. The molecule has 1 N–H and O–H groups in total. The Morgan fingerprint density at radius 3 is 2.61 bits per heavy atom. The summed E-state index contributed by atoms with van der Waals surface area (Å²) >= 11 is 5.78. The van der Waals surface area contributed by atoms with Crippen LogP contribution in [0.4, 0.5) is 11.4 Å². The Bertz CT molecular complexity index is 915. The van der Waals surface area contributed by atoms with Gasteiger partial charge in [0.1, 0.15) is 11.3 Å². The number of hydrogen-bond donors (Lipinski definition) is 1. The van der Waals surface area contributed by atoms with Crippen molar-refractivity contribution in [3.63, 3.8) is 0 Å². The number of carbonyl (C=O) groups is 2. The fraction of sp³-hybridized carbons (Fsp3) is 0.263. The van der Waals surface area contributed by atoms with Gasteiger partial charge in [0.15, 0.2) is 6.10 Å². The Morgan fingerprint density at radius 1 is 1.25 bits per heavy atom. The summed E-state index contributed by atoms with van der Waals surface area (Å²) in [5.74, 6) is -0.834. The van der Waals surface area contributed by atoms with Crippen molar-refractivity contribution in [1.29, 1.82) is 0 Å². The smallest absolute Gasteiger partial charge is 0.347 e. The van der Waals surface area contributed by atoms with Crippen molar-refractivity contribution in [2.45, 2.75) is 26.9 Å². The molecule has 28 heavy (non-hydrogen) atoms. The molecule has 8 nitrogen and oxygen atoms in total. The number of esters is 1. The van der Waals surface area contributed by atoms with Crippen LogP contribution < -0.4 is 10.1 Å². The summed E-state index contributed by atoms with van der Waals surface area (Å²) in [6.07, 6.45) is -0.830. The predicted molar refractivity (Wildman–Crippen MR) is 104 cm³/mol. The Morgan fingerprint density at radius 2 is 1.96 bits per heavy atom. The molecule has 0 spiro atoms. The predicted octanol–water partition coefficient (Wildman–Crippen LogP) is 4.14. The number of benzene rings is 2. The lowest BCUT2D eigenvalue weighted by atomic mass is 10.1. The SMILES string of the molecule is CCOC(=O)C(C)Oc1ccc(C)c(NC(=O)c2ccc(Cl)cc2[N+](=O)[O-])c1. The van der Waals surface area contributed by atoms with Crippen molar-refractivity contribution in [3.05, 3.63) is 62.7 Å². The van der Waals surface area contributed by atoms with E-state index in [1.807, 2.05) is 0 Å². The van der Waals surface area contributed by atoms with Crippen LogP contribution >= 0.6 is 11.6 Å². The molecule has 0 aromatic heterocycles. The topological polar surface area (TPSA) is 108 Å². The lowest BCUT2D eigenvalue weighted by molar-refractivity contribution is -0.385. The van der Waals surface area contributed by atoms with Crippen LogP contribution in [0.25, 0.3) is 0 Å². The maximum absolute atomic E-state index is 12.6. The van der Waals surface area contributed by atoms with E-state index in [0.29, 0.717) is 17.0 Å². The number of nitrogens with one attached hydrogen (secondary N) is 1. The van der Waals surface area contributed by atoms with E-state index in [1.54, 1.807) is 32.9 Å². The minimum atomic E-state index is -0.830. The van der Waals surface area contributed by atoms with Gasteiger partial charge in [0.05, 0.1) is 11.5 Å². The highest BCUT2D eigenvalue weighted by Gasteiger charge is 2.22. The summed E-state index contributed by atoms with van der Waals surface area (Å²) in [6, 6.07) is 8.67. The summed E-state index contributed by atoms with van der Waals surface area (Å²) < 4.78 is 10.4. The van der Waals surface area contributed by atoms with Crippen molar-refractivity contribution < 1.29 is 24.0 Å². The molecule has 0 radical (unpaired) electrons. The van der Waals surface area contributed by atoms with Gasteiger partial charge in [0.2, 0.25) is 0 Å². The highest BCUT2D eigenvalue weighted by Crippen LogP contribution is 2.27. The molecule has 2 rings (SSSR count). The van der Waals surface area contributed by atoms with Crippen LogP contribution in [0.1, 0.15) is 29.8 Å². The lowest BCUT2D eigenvalue weighted by Crippen LogP contribution is -2.26. The first-order valence-corrected chi connectivity index (χ1v) is 8.80. The van der Waals surface area contributed by atoms with Gasteiger partial charge < -0.3 is 14.8 Å². The van der Waals surface area contributed by atoms with Crippen LogP contribution in [0.15, 0.2) is 36.4 Å². The average Bonchev–Trinajstić information content (AvgIpc) is 2.64. The maximum atomic E-state index is 12.6. The summed E-state index contributed by atoms with van der Waals surface area (Å²) in [5, 5.41) is 14.0. The highest BCUT2D eigenvalue weighted by molar-refractivity contribution is 6.31. The van der Waals surface area contributed by atoms with Gasteiger partial charge in [-0.1, -0.05) is 17.7 Å². The Kier molecular flexibility index (Phi) is 6.94. The van der Waals surface area contributed by atoms with Crippen LogP contribution in [-0.2, 0) is 9.53 Å². The van der Waals surface area contributed by atoms with Crippen LogP contribution in [0.3, 0.4) is 0 Å². The van der Waals surface area contributed by atoms with E-state index >= 15 is 0 Å². The number of nitro groups is 1. The zero-order valence-corrected chi connectivity index (χ0v) is 16.3. The first-order valence-electron chi connectivity index (χ1n) is 8.42. The normalized spacial score (nSPS) is 11.4. The summed E-state index contributed by atoms with van der Waals surface area (Å²) in [4.78, 5) is 34.8. The summed E-state index contributed by atoms with van der Waals surface area (Å²) in [6.45, 7) is 5.24.